The van der Waals surface area contributed by atoms with Crippen LogP contribution in [0.2, 0.25) is 10.0 Å². The van der Waals surface area contributed by atoms with E-state index in [1.807, 2.05) is 0 Å². The predicted molar refractivity (Wildman–Crippen MR) is 124 cm³/mol. The molecule has 1 aliphatic heterocycles. The van der Waals surface area contributed by atoms with Crippen molar-refractivity contribution in [2.75, 3.05) is 11.9 Å². The maximum absolute atomic E-state index is 14.1. The lowest BCUT2D eigenvalue weighted by molar-refractivity contribution is 0.0704. The molecule has 8 nitrogen and oxygen atoms in total. The van der Waals surface area contributed by atoms with Gasteiger partial charge >= 0.3 is 12.1 Å². The van der Waals surface area contributed by atoms with Gasteiger partial charge in [0, 0.05) is 23.7 Å². The highest BCUT2D eigenvalue weighted by Crippen LogP contribution is 2.46. The lowest BCUT2D eigenvalue weighted by Crippen LogP contribution is -2.45. The number of fused-ring (bicyclic) bond motifs is 2. The number of amides is 2. The maximum Gasteiger partial charge on any atom is 0.414 e. The third kappa shape index (κ3) is 3.28. The molecule has 4 aromatic rings. The second-order valence-electron chi connectivity index (χ2n) is 7.50. The Morgan fingerprint density at radius 3 is 2.59 bits per heavy atom. The van der Waals surface area contributed by atoms with E-state index < -0.39 is 23.5 Å². The number of H-pyrrole nitrogens is 1. The number of imidazole rings is 1. The molecule has 3 N–H and O–H groups in total. The number of aromatic amines is 1. The second-order valence-corrected chi connectivity index (χ2v) is 8.31. The lowest BCUT2D eigenvalue weighted by Gasteiger charge is -2.35. The molecule has 2 amide bonds. The van der Waals surface area contributed by atoms with Crippen LogP contribution in [0.25, 0.3) is 11.0 Å². The molecule has 1 aromatic heterocycles. The number of anilines is 1. The van der Waals surface area contributed by atoms with Crippen molar-refractivity contribution in [3.63, 3.8) is 0 Å². The van der Waals surface area contributed by atoms with Crippen LogP contribution < -0.4 is 15.0 Å². The first kappa shape index (κ1) is 22.1. The smallest absolute Gasteiger partial charge is 0.375 e. The Hall–Kier alpha value is -3.66. The summed E-state index contributed by atoms with van der Waals surface area (Å²) in [6.07, 6.45) is -0.704. The van der Waals surface area contributed by atoms with Crippen molar-refractivity contribution in [1.29, 1.82) is 0 Å². The monoisotopic (exact) mass is 500 g/mol. The topological polar surface area (TPSA) is 108 Å². The van der Waals surface area contributed by atoms with Crippen molar-refractivity contribution >= 4 is 51.9 Å². The highest BCUT2D eigenvalue weighted by atomic mass is 35.5. The number of nitrogens with zero attached hydrogens (tertiary/aromatic N) is 2. The van der Waals surface area contributed by atoms with Crippen LogP contribution in [-0.4, -0.2) is 34.1 Å². The predicted octanol–water partition coefficient (Wildman–Crippen LogP) is 4.58. The van der Waals surface area contributed by atoms with Crippen LogP contribution in [0, 0.1) is 5.82 Å². The van der Waals surface area contributed by atoms with Gasteiger partial charge in [-0.3, -0.25) is 9.69 Å². The largest absolute Gasteiger partial charge is 0.414 e. The molecule has 3 aromatic carbocycles. The van der Waals surface area contributed by atoms with Crippen molar-refractivity contribution < 1.29 is 23.8 Å². The summed E-state index contributed by atoms with van der Waals surface area (Å²) in [4.78, 5) is 33.1. The normalized spacial score (nSPS) is 17.2. The molecule has 172 valence electrons. The fourth-order valence-electron chi connectivity index (χ4n) is 4.01. The number of aromatic nitrogens is 2. The standard InChI is InChI=1S/C23H15Cl2FN4O4/c1-27-22(32)34-21-28-17-7-6-11(8-18(17)29-21)23(33)14-5-3-2-4-13(14)20(31)30(23)12-9-15(24)19(26)16(25)10-12/h2-10,33H,1H3,(H,27,32)(H,28,29). The Morgan fingerprint density at radius 2 is 1.88 bits per heavy atom. The van der Waals surface area contributed by atoms with Gasteiger partial charge in [-0.2, -0.15) is 4.98 Å². The first-order valence-corrected chi connectivity index (χ1v) is 10.7. The van der Waals surface area contributed by atoms with E-state index in [-0.39, 0.29) is 27.3 Å². The molecule has 11 heteroatoms. The number of benzene rings is 3. The molecule has 1 atom stereocenters. The van der Waals surface area contributed by atoms with Crippen LogP contribution >= 0.6 is 23.2 Å². The highest BCUT2D eigenvalue weighted by molar-refractivity contribution is 6.35. The Balaban J connectivity index is 1.70. The van der Waals surface area contributed by atoms with Gasteiger partial charge in [-0.05, 0) is 30.3 Å². The Bertz CT molecular complexity index is 1470. The molecule has 1 aliphatic rings. The summed E-state index contributed by atoms with van der Waals surface area (Å²) < 4.78 is 19.1. The van der Waals surface area contributed by atoms with E-state index >= 15 is 0 Å². The highest BCUT2D eigenvalue weighted by Gasteiger charge is 2.51. The Morgan fingerprint density at radius 1 is 1.18 bits per heavy atom. The van der Waals surface area contributed by atoms with Crippen LogP contribution in [-0.2, 0) is 5.72 Å². The van der Waals surface area contributed by atoms with E-state index in [4.69, 9.17) is 27.9 Å². The minimum atomic E-state index is -1.99. The van der Waals surface area contributed by atoms with Crippen molar-refractivity contribution in [2.45, 2.75) is 5.72 Å². The van der Waals surface area contributed by atoms with E-state index in [9.17, 15) is 19.1 Å². The molecule has 0 bridgehead atoms. The lowest BCUT2D eigenvalue weighted by atomic mass is 9.93. The second kappa shape index (κ2) is 7.98. The molecular weight excluding hydrogens is 486 g/mol. The van der Waals surface area contributed by atoms with Crippen LogP contribution in [0.3, 0.4) is 0 Å². The molecule has 0 aliphatic carbocycles. The van der Waals surface area contributed by atoms with E-state index in [1.54, 1.807) is 42.5 Å². The number of nitrogens with one attached hydrogen (secondary N) is 2. The van der Waals surface area contributed by atoms with E-state index in [1.165, 1.54) is 19.2 Å². The van der Waals surface area contributed by atoms with Crippen molar-refractivity contribution in [2.24, 2.45) is 0 Å². The zero-order chi connectivity index (χ0) is 24.2. The van der Waals surface area contributed by atoms with Crippen molar-refractivity contribution in [3.8, 4) is 6.01 Å². The molecule has 0 saturated heterocycles. The summed E-state index contributed by atoms with van der Waals surface area (Å²) in [5, 5.41) is 13.8. The maximum atomic E-state index is 14.1. The van der Waals surface area contributed by atoms with E-state index in [2.05, 4.69) is 15.3 Å². The van der Waals surface area contributed by atoms with Crippen LogP contribution in [0.15, 0.2) is 54.6 Å². The number of halogens is 3. The Labute approximate surface area is 201 Å². The fraction of sp³-hybridized carbons (Fsp3) is 0.0870. The van der Waals surface area contributed by atoms with Gasteiger partial charge in [-0.25, -0.2) is 9.18 Å². The minimum Gasteiger partial charge on any atom is -0.375 e. The summed E-state index contributed by atoms with van der Waals surface area (Å²) in [7, 11) is 1.41. The number of carbonyl (C=O) groups excluding carboxylic acids is 2. The first-order valence-electron chi connectivity index (χ1n) is 9.95. The van der Waals surface area contributed by atoms with Crippen LogP contribution in [0.4, 0.5) is 14.9 Å². The zero-order valence-electron chi connectivity index (χ0n) is 17.4. The molecule has 0 fully saturated rings. The minimum absolute atomic E-state index is 0.0460. The number of aliphatic hydroxyl groups is 1. The van der Waals surface area contributed by atoms with Gasteiger partial charge in [0.05, 0.1) is 26.8 Å². The van der Waals surface area contributed by atoms with Gasteiger partial charge in [0.15, 0.2) is 11.5 Å². The van der Waals surface area contributed by atoms with E-state index in [0.717, 1.165) is 4.90 Å². The van der Waals surface area contributed by atoms with Gasteiger partial charge < -0.3 is 20.1 Å². The SMILES string of the molecule is CNC(=O)Oc1nc2ccc(C3(O)c4ccccc4C(=O)N3c3cc(Cl)c(F)c(Cl)c3)cc2[nH]1. The third-order valence-corrected chi connectivity index (χ3v) is 6.09. The summed E-state index contributed by atoms with van der Waals surface area (Å²) in [6.45, 7) is 0. The molecule has 1 unspecified atom stereocenters. The first-order chi connectivity index (χ1) is 16.2. The molecule has 0 radical (unpaired) electrons. The summed E-state index contributed by atoms with van der Waals surface area (Å²) in [5.74, 6) is -1.35. The number of rotatable bonds is 3. The van der Waals surface area contributed by atoms with E-state index in [0.29, 0.717) is 22.2 Å². The van der Waals surface area contributed by atoms with Crippen LogP contribution in [0.5, 0.6) is 6.01 Å². The van der Waals surface area contributed by atoms with Gasteiger partial charge in [-0.15, -0.1) is 0 Å². The number of hydrogen-bond donors (Lipinski definition) is 3. The molecule has 0 spiro atoms. The quantitative estimate of drug-likeness (QED) is 0.357. The van der Waals surface area contributed by atoms with Gasteiger partial charge in [0.25, 0.3) is 5.91 Å². The van der Waals surface area contributed by atoms with Crippen molar-refractivity contribution in [3.05, 3.63) is 87.2 Å². The molecule has 5 rings (SSSR count). The third-order valence-electron chi connectivity index (χ3n) is 5.54. The number of ether oxygens (including phenoxy) is 1. The summed E-state index contributed by atoms with van der Waals surface area (Å²) >= 11 is 12.0. The van der Waals surface area contributed by atoms with Gasteiger partial charge in [-0.1, -0.05) is 47.5 Å². The van der Waals surface area contributed by atoms with Crippen LogP contribution in [0.1, 0.15) is 21.5 Å². The molecule has 2 heterocycles. The number of hydrogen-bond acceptors (Lipinski definition) is 5. The summed E-state index contributed by atoms with van der Waals surface area (Å²) in [5.41, 5.74) is -0.107. The number of carbonyl (C=O) groups is 2. The van der Waals surface area contributed by atoms with Gasteiger partial charge in [0.1, 0.15) is 0 Å². The average molecular weight is 501 g/mol. The molecule has 34 heavy (non-hydrogen) atoms. The molecule has 0 saturated carbocycles. The van der Waals surface area contributed by atoms with Crippen molar-refractivity contribution in [1.82, 2.24) is 15.3 Å². The molecular formula is C23H15Cl2FN4O4. The summed E-state index contributed by atoms with van der Waals surface area (Å²) in [6, 6.07) is 13.7. The zero-order valence-corrected chi connectivity index (χ0v) is 18.9. The fourth-order valence-corrected chi connectivity index (χ4v) is 4.49. The van der Waals surface area contributed by atoms with Gasteiger partial charge in [0.2, 0.25) is 0 Å². The average Bonchev–Trinajstić information content (AvgIpc) is 3.33. The Kier molecular flexibility index (Phi) is 5.20.